The van der Waals surface area contributed by atoms with Crippen molar-refractivity contribution < 1.29 is 19.2 Å². The number of nitro benzene ring substituents is 1. The molecule has 0 radical (unpaired) electrons. The molecular formula is C16H18N2O5. The van der Waals surface area contributed by atoms with Crippen LogP contribution in [-0.2, 0) is 14.3 Å². The van der Waals surface area contributed by atoms with Crippen molar-refractivity contribution in [3.05, 3.63) is 46.0 Å². The third-order valence-electron chi connectivity index (χ3n) is 3.66. The van der Waals surface area contributed by atoms with E-state index < -0.39 is 23.4 Å². The van der Waals surface area contributed by atoms with Crippen molar-refractivity contribution >= 4 is 23.3 Å². The molecule has 1 aliphatic rings. The van der Waals surface area contributed by atoms with E-state index in [-0.39, 0.29) is 17.3 Å². The number of hydrogen-bond acceptors (Lipinski definition) is 5. The minimum atomic E-state index is -0.595. The van der Waals surface area contributed by atoms with E-state index in [0.29, 0.717) is 18.4 Å². The molecule has 0 fully saturated rings. The molecule has 0 saturated heterocycles. The van der Waals surface area contributed by atoms with Crippen LogP contribution in [-0.4, -0.2) is 23.4 Å². The zero-order valence-corrected chi connectivity index (χ0v) is 12.8. The van der Waals surface area contributed by atoms with Gasteiger partial charge >= 0.3 is 5.97 Å². The molecular weight excluding hydrogens is 300 g/mol. The molecule has 0 aromatic heterocycles. The quantitative estimate of drug-likeness (QED) is 0.389. The molecule has 0 unspecified atom stereocenters. The fourth-order valence-corrected chi connectivity index (χ4v) is 2.40. The number of nitrogens with one attached hydrogen (secondary N) is 1. The third-order valence-corrected chi connectivity index (χ3v) is 3.66. The molecule has 0 heterocycles. The molecule has 1 amide bonds. The predicted molar refractivity (Wildman–Crippen MR) is 83.9 cm³/mol. The van der Waals surface area contributed by atoms with Gasteiger partial charge in [0.25, 0.3) is 11.6 Å². The number of carbonyl (C=O) groups excluding carboxylic acids is 2. The maximum Gasteiger partial charge on any atom is 0.309 e. The van der Waals surface area contributed by atoms with E-state index in [4.69, 9.17) is 4.74 Å². The van der Waals surface area contributed by atoms with E-state index in [0.717, 1.165) is 6.42 Å². The smallest absolute Gasteiger partial charge is 0.309 e. The molecule has 1 N–H and O–H groups in total. The maximum atomic E-state index is 11.9. The second-order valence-corrected chi connectivity index (χ2v) is 5.36. The Morgan fingerprint density at radius 2 is 2.17 bits per heavy atom. The van der Waals surface area contributed by atoms with Crippen LogP contribution in [0.25, 0.3) is 0 Å². The molecule has 0 aliphatic heterocycles. The molecule has 1 aromatic rings. The molecule has 1 aliphatic carbocycles. The van der Waals surface area contributed by atoms with Crippen LogP contribution in [0, 0.1) is 23.0 Å². The Morgan fingerprint density at radius 3 is 2.83 bits per heavy atom. The zero-order valence-electron chi connectivity index (χ0n) is 12.8. The highest BCUT2D eigenvalue weighted by Gasteiger charge is 2.22. The van der Waals surface area contributed by atoms with E-state index >= 15 is 0 Å². The van der Waals surface area contributed by atoms with E-state index in [1.54, 1.807) is 19.1 Å². The van der Waals surface area contributed by atoms with Crippen molar-refractivity contribution in [3.63, 3.8) is 0 Å². The van der Waals surface area contributed by atoms with Crippen LogP contribution in [0.15, 0.2) is 30.4 Å². The van der Waals surface area contributed by atoms with Crippen molar-refractivity contribution in [2.24, 2.45) is 5.92 Å². The normalized spacial score (nSPS) is 16.7. The Labute approximate surface area is 133 Å². The van der Waals surface area contributed by atoms with Crippen LogP contribution in [0.3, 0.4) is 0 Å². The molecule has 23 heavy (non-hydrogen) atoms. The lowest BCUT2D eigenvalue weighted by molar-refractivity contribution is -0.384. The first-order chi connectivity index (χ1) is 11.0. The van der Waals surface area contributed by atoms with Gasteiger partial charge in [-0.2, -0.15) is 0 Å². The number of carbonyl (C=O) groups is 2. The highest BCUT2D eigenvalue weighted by atomic mass is 16.6. The van der Waals surface area contributed by atoms with Crippen molar-refractivity contribution in [1.82, 2.24) is 0 Å². The highest BCUT2D eigenvalue weighted by molar-refractivity contribution is 5.95. The number of hydrogen-bond donors (Lipinski definition) is 1. The first-order valence-electron chi connectivity index (χ1n) is 7.34. The van der Waals surface area contributed by atoms with E-state index in [1.807, 2.05) is 12.2 Å². The summed E-state index contributed by atoms with van der Waals surface area (Å²) in [5.41, 5.74) is 0.498. The summed E-state index contributed by atoms with van der Waals surface area (Å²) in [6, 6.07) is 4.51. The predicted octanol–water partition coefficient (Wildman–Crippen LogP) is 2.74. The molecule has 122 valence electrons. The number of allylic oxidation sites excluding steroid dienone is 2. The van der Waals surface area contributed by atoms with Crippen LogP contribution in [0.5, 0.6) is 0 Å². The number of nitro groups is 1. The summed E-state index contributed by atoms with van der Waals surface area (Å²) in [5, 5.41) is 13.4. The van der Waals surface area contributed by atoms with Gasteiger partial charge in [0, 0.05) is 6.07 Å². The molecule has 1 atom stereocenters. The van der Waals surface area contributed by atoms with Crippen molar-refractivity contribution in [1.29, 1.82) is 0 Å². The molecule has 7 heteroatoms. The molecule has 1 aromatic carbocycles. The van der Waals surface area contributed by atoms with Crippen LogP contribution in [0.4, 0.5) is 11.4 Å². The van der Waals surface area contributed by atoms with Crippen LogP contribution in [0.2, 0.25) is 0 Å². The molecule has 0 spiro atoms. The second kappa shape index (κ2) is 7.53. The van der Waals surface area contributed by atoms with Crippen molar-refractivity contribution in [2.75, 3.05) is 11.9 Å². The summed E-state index contributed by atoms with van der Waals surface area (Å²) in [6.45, 7) is 1.20. The number of benzene rings is 1. The average molecular weight is 318 g/mol. The minimum Gasteiger partial charge on any atom is -0.455 e. The maximum absolute atomic E-state index is 11.9. The highest BCUT2D eigenvalue weighted by Crippen LogP contribution is 2.27. The SMILES string of the molecule is Cc1cccc([N+](=O)[O-])c1NC(=O)COC(=O)[C@H]1CC=CCC1. The number of nitrogens with zero attached hydrogens (tertiary/aromatic N) is 1. The van der Waals surface area contributed by atoms with Crippen LogP contribution < -0.4 is 5.32 Å². The van der Waals surface area contributed by atoms with Gasteiger partial charge in [0.15, 0.2) is 6.61 Å². The fourth-order valence-electron chi connectivity index (χ4n) is 2.40. The Hall–Kier alpha value is -2.70. The number of anilines is 1. The largest absolute Gasteiger partial charge is 0.455 e. The van der Waals surface area contributed by atoms with Gasteiger partial charge in [-0.25, -0.2) is 0 Å². The number of ether oxygens (including phenoxy) is 1. The molecule has 2 rings (SSSR count). The standard InChI is InChI=1S/C16H18N2O5/c1-11-6-5-9-13(18(21)22)15(11)17-14(19)10-23-16(20)12-7-3-2-4-8-12/h2-3,5-6,9,12H,4,7-8,10H2,1H3,(H,17,19)/t12-/m0/s1. The number of esters is 1. The van der Waals surface area contributed by atoms with Crippen molar-refractivity contribution in [2.45, 2.75) is 26.2 Å². The number of para-hydroxylation sites is 1. The minimum absolute atomic E-state index is 0.124. The van der Waals surface area contributed by atoms with Crippen LogP contribution in [0.1, 0.15) is 24.8 Å². The van der Waals surface area contributed by atoms with E-state index in [2.05, 4.69) is 5.32 Å². The summed E-state index contributed by atoms with van der Waals surface area (Å²) < 4.78 is 5.00. The average Bonchev–Trinajstić information content (AvgIpc) is 2.55. The lowest BCUT2D eigenvalue weighted by Crippen LogP contribution is -2.25. The van der Waals surface area contributed by atoms with Gasteiger partial charge in [-0.15, -0.1) is 0 Å². The molecule has 7 nitrogen and oxygen atoms in total. The Balaban J connectivity index is 1.94. The number of amides is 1. The molecule has 0 saturated carbocycles. The van der Waals surface area contributed by atoms with Gasteiger partial charge in [0.2, 0.25) is 0 Å². The number of rotatable bonds is 5. The monoisotopic (exact) mass is 318 g/mol. The van der Waals surface area contributed by atoms with Gasteiger partial charge in [-0.05, 0) is 31.7 Å². The summed E-state index contributed by atoms with van der Waals surface area (Å²) in [6.07, 6.45) is 6.07. The van der Waals surface area contributed by atoms with Crippen molar-refractivity contribution in [3.8, 4) is 0 Å². The van der Waals surface area contributed by atoms with Gasteiger partial charge in [-0.1, -0.05) is 24.3 Å². The second-order valence-electron chi connectivity index (χ2n) is 5.36. The summed E-state index contributed by atoms with van der Waals surface area (Å²) >= 11 is 0. The lowest BCUT2D eigenvalue weighted by atomic mass is 9.95. The summed E-state index contributed by atoms with van der Waals surface area (Å²) in [5.74, 6) is -1.23. The van der Waals surface area contributed by atoms with Gasteiger partial charge < -0.3 is 10.1 Å². The Kier molecular flexibility index (Phi) is 5.46. The Morgan fingerprint density at radius 1 is 1.39 bits per heavy atom. The number of aryl methyl sites for hydroxylation is 1. The fraction of sp³-hybridized carbons (Fsp3) is 0.375. The van der Waals surface area contributed by atoms with Gasteiger partial charge in [0.05, 0.1) is 10.8 Å². The molecule has 0 bridgehead atoms. The van der Waals surface area contributed by atoms with Gasteiger partial charge in [0.1, 0.15) is 5.69 Å². The topological polar surface area (TPSA) is 98.5 Å². The first kappa shape index (κ1) is 16.7. The first-order valence-corrected chi connectivity index (χ1v) is 7.34. The Bertz CT molecular complexity index is 654. The third kappa shape index (κ3) is 4.38. The summed E-state index contributed by atoms with van der Waals surface area (Å²) in [7, 11) is 0. The lowest BCUT2D eigenvalue weighted by Gasteiger charge is -2.16. The van der Waals surface area contributed by atoms with Gasteiger partial charge in [-0.3, -0.25) is 19.7 Å². The van der Waals surface area contributed by atoms with E-state index in [1.165, 1.54) is 6.07 Å². The summed E-state index contributed by atoms with van der Waals surface area (Å²) in [4.78, 5) is 34.2. The van der Waals surface area contributed by atoms with E-state index in [9.17, 15) is 19.7 Å². The van der Waals surface area contributed by atoms with Crippen LogP contribution >= 0.6 is 0 Å². The zero-order chi connectivity index (χ0) is 16.8.